The molecule has 0 atom stereocenters. The molecule has 0 aliphatic carbocycles. The van der Waals surface area contributed by atoms with Gasteiger partial charge < -0.3 is 9.84 Å². The van der Waals surface area contributed by atoms with Crippen molar-refractivity contribution in [1.29, 1.82) is 0 Å². The van der Waals surface area contributed by atoms with Crippen molar-refractivity contribution in [3.05, 3.63) is 101 Å². The number of aliphatic hydroxyl groups excluding tert-OH is 1. The first kappa shape index (κ1) is 17.8. The summed E-state index contributed by atoms with van der Waals surface area (Å²) in [7, 11) is 0. The van der Waals surface area contributed by atoms with Crippen LogP contribution in [0.2, 0.25) is 0 Å². The molecule has 2 nitrogen and oxygen atoms in total. The molecule has 0 saturated heterocycles. The lowest BCUT2D eigenvalue weighted by Gasteiger charge is -2.05. The molecule has 0 spiro atoms. The van der Waals surface area contributed by atoms with Gasteiger partial charge in [-0.25, -0.2) is 0 Å². The van der Waals surface area contributed by atoms with E-state index in [4.69, 9.17) is 9.84 Å². The van der Waals surface area contributed by atoms with Gasteiger partial charge in [0.1, 0.15) is 12.4 Å². The Labute approximate surface area is 144 Å². The monoisotopic (exact) mass is 320 g/mol. The number of para-hydroxylation sites is 1. The van der Waals surface area contributed by atoms with Gasteiger partial charge in [0, 0.05) is 0 Å². The summed E-state index contributed by atoms with van der Waals surface area (Å²) in [4.78, 5) is 0. The van der Waals surface area contributed by atoms with Crippen molar-refractivity contribution in [1.82, 2.24) is 0 Å². The topological polar surface area (TPSA) is 29.5 Å². The van der Waals surface area contributed by atoms with Gasteiger partial charge in [-0.3, -0.25) is 0 Å². The highest BCUT2D eigenvalue weighted by molar-refractivity contribution is 5.24. The molecule has 3 aromatic carbocycles. The van der Waals surface area contributed by atoms with E-state index >= 15 is 0 Å². The molecule has 0 aliphatic heterocycles. The maximum absolute atomic E-state index is 8.63. The minimum Gasteiger partial charge on any atom is -0.489 e. The summed E-state index contributed by atoms with van der Waals surface area (Å²) >= 11 is 0. The molecule has 1 N–H and O–H groups in total. The van der Waals surface area contributed by atoms with Crippen LogP contribution in [-0.4, -0.2) is 5.11 Å². The van der Waals surface area contributed by atoms with Crippen molar-refractivity contribution >= 4 is 0 Å². The highest BCUT2D eigenvalue weighted by atomic mass is 16.5. The summed E-state index contributed by atoms with van der Waals surface area (Å²) < 4.78 is 5.63. The third-order valence-corrected chi connectivity index (χ3v) is 3.57. The second kappa shape index (κ2) is 9.53. The van der Waals surface area contributed by atoms with E-state index in [1.54, 1.807) is 0 Å². The lowest BCUT2D eigenvalue weighted by molar-refractivity contribution is 0.282. The van der Waals surface area contributed by atoms with Gasteiger partial charge in [-0.15, -0.1) is 0 Å². The van der Waals surface area contributed by atoms with Gasteiger partial charge in [-0.2, -0.15) is 0 Å². The molecule has 0 aliphatic rings. The van der Waals surface area contributed by atoms with E-state index in [2.05, 4.69) is 31.2 Å². The van der Waals surface area contributed by atoms with E-state index < -0.39 is 0 Å². The van der Waals surface area contributed by atoms with Crippen LogP contribution in [0.25, 0.3) is 0 Å². The standard InChI is InChI=1S/C14H14O.C8H10O/c1-12-7-9-13(10-8-12)11-15-14-5-3-2-4-6-14;1-7-2-4-8(6-9)5-3-7/h2-10H,11H2,1H3;2-5,9H,6H2,1H3. The minimum absolute atomic E-state index is 0.139. The Kier molecular flexibility index (Phi) is 7.06. The maximum Gasteiger partial charge on any atom is 0.119 e. The Hall–Kier alpha value is -2.58. The summed E-state index contributed by atoms with van der Waals surface area (Å²) in [6, 6.07) is 26.1. The van der Waals surface area contributed by atoms with Crippen molar-refractivity contribution in [3.8, 4) is 5.75 Å². The Morgan fingerprint density at radius 3 is 1.67 bits per heavy atom. The molecule has 0 radical (unpaired) electrons. The van der Waals surface area contributed by atoms with E-state index in [0.29, 0.717) is 6.61 Å². The number of aliphatic hydroxyl groups is 1. The van der Waals surface area contributed by atoms with Crippen LogP contribution in [0.4, 0.5) is 0 Å². The third kappa shape index (κ3) is 6.27. The Balaban J connectivity index is 0.000000198. The van der Waals surface area contributed by atoms with Gasteiger partial charge in [0.05, 0.1) is 6.61 Å². The van der Waals surface area contributed by atoms with Crippen molar-refractivity contribution in [2.24, 2.45) is 0 Å². The van der Waals surface area contributed by atoms with Crippen LogP contribution in [0, 0.1) is 13.8 Å². The molecular formula is C22H24O2. The molecule has 2 heteroatoms. The fraction of sp³-hybridized carbons (Fsp3) is 0.182. The number of ether oxygens (including phenoxy) is 1. The summed E-state index contributed by atoms with van der Waals surface area (Å²) in [5.41, 5.74) is 4.68. The second-order valence-electron chi connectivity index (χ2n) is 5.73. The largest absolute Gasteiger partial charge is 0.489 e. The highest BCUT2D eigenvalue weighted by Crippen LogP contribution is 2.11. The van der Waals surface area contributed by atoms with Crippen LogP contribution >= 0.6 is 0 Å². The molecule has 124 valence electrons. The SMILES string of the molecule is Cc1ccc(CO)cc1.Cc1ccc(COc2ccccc2)cc1. The van der Waals surface area contributed by atoms with E-state index in [0.717, 1.165) is 11.3 Å². The molecular weight excluding hydrogens is 296 g/mol. The number of aryl methyl sites for hydroxylation is 2. The molecule has 0 unspecified atom stereocenters. The molecule has 0 heterocycles. The lowest BCUT2D eigenvalue weighted by atomic mass is 10.2. The van der Waals surface area contributed by atoms with Crippen molar-refractivity contribution in [2.45, 2.75) is 27.1 Å². The van der Waals surface area contributed by atoms with E-state index in [1.807, 2.05) is 61.5 Å². The lowest BCUT2D eigenvalue weighted by Crippen LogP contribution is -1.94. The summed E-state index contributed by atoms with van der Waals surface area (Å²) in [6.07, 6.45) is 0. The van der Waals surface area contributed by atoms with Crippen LogP contribution in [-0.2, 0) is 13.2 Å². The first-order valence-electron chi connectivity index (χ1n) is 8.07. The quantitative estimate of drug-likeness (QED) is 0.728. The van der Waals surface area contributed by atoms with E-state index in [9.17, 15) is 0 Å². The molecule has 0 saturated carbocycles. The molecule has 24 heavy (non-hydrogen) atoms. The van der Waals surface area contributed by atoms with Crippen molar-refractivity contribution in [2.75, 3.05) is 0 Å². The minimum atomic E-state index is 0.139. The molecule has 3 aromatic rings. The zero-order valence-corrected chi connectivity index (χ0v) is 14.3. The second-order valence-corrected chi connectivity index (χ2v) is 5.73. The smallest absolute Gasteiger partial charge is 0.119 e. The van der Waals surface area contributed by atoms with Gasteiger partial charge in [-0.05, 0) is 37.1 Å². The fourth-order valence-electron chi connectivity index (χ4n) is 2.06. The van der Waals surface area contributed by atoms with Gasteiger partial charge in [0.15, 0.2) is 0 Å². The predicted molar refractivity (Wildman–Crippen MR) is 99.1 cm³/mol. The molecule has 0 amide bonds. The van der Waals surface area contributed by atoms with Crippen LogP contribution in [0.3, 0.4) is 0 Å². The number of hydrogen-bond donors (Lipinski definition) is 1. The van der Waals surface area contributed by atoms with E-state index in [1.165, 1.54) is 16.7 Å². The Bertz CT molecular complexity index is 701. The van der Waals surface area contributed by atoms with Crippen LogP contribution in [0.1, 0.15) is 22.3 Å². The zero-order chi connectivity index (χ0) is 17.2. The van der Waals surface area contributed by atoms with Gasteiger partial charge in [0.25, 0.3) is 0 Å². The first-order valence-corrected chi connectivity index (χ1v) is 8.07. The zero-order valence-electron chi connectivity index (χ0n) is 14.3. The number of hydrogen-bond acceptors (Lipinski definition) is 2. The van der Waals surface area contributed by atoms with Crippen LogP contribution in [0.15, 0.2) is 78.9 Å². The molecule has 0 fully saturated rings. The fourth-order valence-corrected chi connectivity index (χ4v) is 2.06. The van der Waals surface area contributed by atoms with Gasteiger partial charge in [-0.1, -0.05) is 77.9 Å². The van der Waals surface area contributed by atoms with Crippen LogP contribution in [0.5, 0.6) is 5.75 Å². The number of rotatable bonds is 4. The normalized spacial score (nSPS) is 9.79. The maximum atomic E-state index is 8.63. The third-order valence-electron chi connectivity index (χ3n) is 3.57. The molecule has 0 aromatic heterocycles. The molecule has 3 rings (SSSR count). The summed E-state index contributed by atoms with van der Waals surface area (Å²) in [5, 5.41) is 8.63. The Morgan fingerprint density at radius 1 is 0.667 bits per heavy atom. The average molecular weight is 320 g/mol. The predicted octanol–water partition coefficient (Wildman–Crippen LogP) is 5.06. The van der Waals surface area contributed by atoms with Crippen molar-refractivity contribution in [3.63, 3.8) is 0 Å². The summed E-state index contributed by atoms with van der Waals surface area (Å²) in [6.45, 7) is 4.88. The average Bonchev–Trinajstić information content (AvgIpc) is 2.63. The molecule has 0 bridgehead atoms. The highest BCUT2D eigenvalue weighted by Gasteiger charge is 1.94. The number of benzene rings is 3. The van der Waals surface area contributed by atoms with Crippen molar-refractivity contribution < 1.29 is 9.84 Å². The van der Waals surface area contributed by atoms with Gasteiger partial charge in [0.2, 0.25) is 0 Å². The first-order chi connectivity index (χ1) is 11.7. The van der Waals surface area contributed by atoms with Crippen LogP contribution < -0.4 is 4.74 Å². The Morgan fingerprint density at radius 2 is 1.17 bits per heavy atom. The van der Waals surface area contributed by atoms with E-state index in [-0.39, 0.29) is 6.61 Å². The summed E-state index contributed by atoms with van der Waals surface area (Å²) in [5.74, 6) is 0.915. The van der Waals surface area contributed by atoms with Gasteiger partial charge >= 0.3 is 0 Å².